The lowest BCUT2D eigenvalue weighted by Gasteiger charge is -2.04. The summed E-state index contributed by atoms with van der Waals surface area (Å²) in [5.41, 5.74) is -3.16. The third-order valence-electron chi connectivity index (χ3n) is 1.19. The lowest BCUT2D eigenvalue weighted by Crippen LogP contribution is -2.21. The van der Waals surface area contributed by atoms with Crippen molar-refractivity contribution in [1.29, 1.82) is 0 Å². The van der Waals surface area contributed by atoms with Gasteiger partial charge in [0.25, 0.3) is 0 Å². The Kier molecular flexibility index (Phi) is 1.91. The highest BCUT2D eigenvalue weighted by Gasteiger charge is 2.37. The maximum absolute atomic E-state index is 12.4. The number of hydrogen-bond acceptors (Lipinski definition) is 1. The summed E-state index contributed by atoms with van der Waals surface area (Å²) in [6, 6.07) is 0.617. The molecule has 0 saturated heterocycles. The van der Waals surface area contributed by atoms with Crippen molar-refractivity contribution < 1.29 is 17.6 Å². The molecule has 0 radical (unpaired) electrons. The Morgan fingerprint density at radius 2 is 1.92 bits per heavy atom. The fourth-order valence-electron chi connectivity index (χ4n) is 0.718. The molecule has 1 rings (SSSR count). The van der Waals surface area contributed by atoms with Crippen molar-refractivity contribution in [3.8, 4) is 0 Å². The van der Waals surface area contributed by atoms with Crippen molar-refractivity contribution in [2.75, 3.05) is 0 Å². The number of pyridine rings is 1. The Balaban J connectivity index is 3.42. The standard InChI is InChI=1S/C6H3F4NO/c7-5-4(6(8,9)10)3(12)1-2-11-5/h1-2H,(H,11,12). The predicted molar refractivity (Wildman–Crippen MR) is 32.0 cm³/mol. The Morgan fingerprint density at radius 1 is 1.33 bits per heavy atom. The first-order valence-corrected chi connectivity index (χ1v) is 2.87. The van der Waals surface area contributed by atoms with Gasteiger partial charge in [0.05, 0.1) is 0 Å². The minimum atomic E-state index is -4.95. The SMILES string of the molecule is O=c1cc[nH]c(F)c1C(F)(F)F. The Hall–Kier alpha value is -1.33. The van der Waals surface area contributed by atoms with Crippen LogP contribution in [-0.4, -0.2) is 4.98 Å². The third-order valence-corrected chi connectivity index (χ3v) is 1.19. The third kappa shape index (κ3) is 1.46. The highest BCUT2D eigenvalue weighted by Crippen LogP contribution is 2.27. The topological polar surface area (TPSA) is 32.9 Å². The number of nitrogens with one attached hydrogen (secondary N) is 1. The van der Waals surface area contributed by atoms with Crippen molar-refractivity contribution in [3.63, 3.8) is 0 Å². The first kappa shape index (κ1) is 8.76. The predicted octanol–water partition coefficient (Wildman–Crippen LogP) is 1.53. The molecule has 0 atom stereocenters. The van der Waals surface area contributed by atoms with Crippen LogP contribution in [0.5, 0.6) is 0 Å². The molecule has 1 N–H and O–H groups in total. The van der Waals surface area contributed by atoms with E-state index in [1.807, 2.05) is 0 Å². The second-order valence-electron chi connectivity index (χ2n) is 2.03. The van der Waals surface area contributed by atoms with E-state index < -0.39 is 23.1 Å². The fraction of sp³-hybridized carbons (Fsp3) is 0.167. The average molecular weight is 181 g/mol. The molecule has 2 nitrogen and oxygen atoms in total. The van der Waals surface area contributed by atoms with Gasteiger partial charge in [0.15, 0.2) is 11.0 Å². The lowest BCUT2D eigenvalue weighted by molar-refractivity contribution is -0.141. The van der Waals surface area contributed by atoms with E-state index in [0.29, 0.717) is 6.07 Å². The zero-order valence-corrected chi connectivity index (χ0v) is 5.57. The van der Waals surface area contributed by atoms with Crippen LogP contribution in [0.3, 0.4) is 0 Å². The zero-order chi connectivity index (χ0) is 9.35. The van der Waals surface area contributed by atoms with Gasteiger partial charge in [-0.05, 0) is 0 Å². The van der Waals surface area contributed by atoms with Gasteiger partial charge >= 0.3 is 6.18 Å². The van der Waals surface area contributed by atoms with Crippen LogP contribution in [0.25, 0.3) is 0 Å². The molecule has 0 saturated carbocycles. The highest BCUT2D eigenvalue weighted by atomic mass is 19.4. The molecule has 12 heavy (non-hydrogen) atoms. The van der Waals surface area contributed by atoms with E-state index in [-0.39, 0.29) is 0 Å². The quantitative estimate of drug-likeness (QED) is 0.477. The smallest absolute Gasteiger partial charge is 0.338 e. The van der Waals surface area contributed by atoms with Crippen molar-refractivity contribution >= 4 is 0 Å². The molecule has 66 valence electrons. The summed E-state index contributed by atoms with van der Waals surface area (Å²) in [5.74, 6) is -1.66. The molecule has 0 aliphatic heterocycles. The van der Waals surface area contributed by atoms with Crippen LogP contribution in [0.2, 0.25) is 0 Å². The molecule has 0 amide bonds. The molecular weight excluding hydrogens is 178 g/mol. The highest BCUT2D eigenvalue weighted by molar-refractivity contribution is 5.14. The normalized spacial score (nSPS) is 11.7. The molecule has 0 spiro atoms. The van der Waals surface area contributed by atoms with Gasteiger partial charge in [-0.3, -0.25) is 4.79 Å². The molecule has 0 unspecified atom stereocenters. The second kappa shape index (κ2) is 2.62. The van der Waals surface area contributed by atoms with Gasteiger partial charge in [0.1, 0.15) is 0 Å². The number of H-pyrrole nitrogens is 1. The van der Waals surface area contributed by atoms with Gasteiger partial charge in [-0.25, -0.2) is 0 Å². The summed E-state index contributed by atoms with van der Waals surface area (Å²) in [4.78, 5) is 12.2. The zero-order valence-electron chi connectivity index (χ0n) is 5.57. The van der Waals surface area contributed by atoms with E-state index in [1.165, 1.54) is 0 Å². The molecule has 0 aromatic carbocycles. The monoisotopic (exact) mass is 181 g/mol. The van der Waals surface area contributed by atoms with E-state index in [4.69, 9.17) is 0 Å². The minimum absolute atomic E-state index is 0.617. The second-order valence-corrected chi connectivity index (χ2v) is 2.03. The van der Waals surface area contributed by atoms with Crippen LogP contribution < -0.4 is 5.43 Å². The summed E-state index contributed by atoms with van der Waals surface area (Å²) in [6.45, 7) is 0. The summed E-state index contributed by atoms with van der Waals surface area (Å²) in [5, 5.41) is 0. The Bertz CT molecular complexity index is 340. The van der Waals surface area contributed by atoms with Gasteiger partial charge in [0, 0.05) is 12.3 Å². The molecule has 1 aromatic heterocycles. The first-order valence-electron chi connectivity index (χ1n) is 2.87. The number of alkyl halides is 3. The number of aromatic amines is 1. The molecule has 0 aliphatic carbocycles. The van der Waals surface area contributed by atoms with Crippen LogP contribution >= 0.6 is 0 Å². The molecule has 0 fully saturated rings. The van der Waals surface area contributed by atoms with Crippen LogP contribution in [-0.2, 0) is 6.18 Å². The van der Waals surface area contributed by atoms with Crippen LogP contribution in [0, 0.1) is 5.95 Å². The van der Waals surface area contributed by atoms with E-state index in [0.717, 1.165) is 6.20 Å². The van der Waals surface area contributed by atoms with E-state index in [9.17, 15) is 22.4 Å². The summed E-state index contributed by atoms with van der Waals surface area (Å²) in [6.07, 6.45) is -4.13. The maximum atomic E-state index is 12.4. The molecule has 0 aliphatic rings. The number of hydrogen-bond donors (Lipinski definition) is 1. The van der Waals surface area contributed by atoms with Crippen molar-refractivity contribution in [2.45, 2.75) is 6.18 Å². The van der Waals surface area contributed by atoms with Crippen molar-refractivity contribution in [2.24, 2.45) is 0 Å². The Morgan fingerprint density at radius 3 is 2.25 bits per heavy atom. The fourth-order valence-corrected chi connectivity index (χ4v) is 0.718. The van der Waals surface area contributed by atoms with E-state index in [2.05, 4.69) is 0 Å². The van der Waals surface area contributed by atoms with Gasteiger partial charge in [-0.1, -0.05) is 0 Å². The van der Waals surface area contributed by atoms with Crippen molar-refractivity contribution in [3.05, 3.63) is 34.0 Å². The summed E-state index contributed by atoms with van der Waals surface area (Å²) in [7, 11) is 0. The van der Waals surface area contributed by atoms with Crippen molar-refractivity contribution in [1.82, 2.24) is 4.98 Å². The molecular formula is C6H3F4NO. The maximum Gasteiger partial charge on any atom is 0.424 e. The Labute approximate surface area is 63.8 Å². The van der Waals surface area contributed by atoms with Crippen LogP contribution in [0.15, 0.2) is 17.1 Å². The molecule has 0 bridgehead atoms. The number of aromatic nitrogens is 1. The molecule has 1 heterocycles. The molecule has 6 heteroatoms. The van der Waals surface area contributed by atoms with Gasteiger partial charge < -0.3 is 4.98 Å². The summed E-state index contributed by atoms with van der Waals surface area (Å²) >= 11 is 0. The van der Waals surface area contributed by atoms with Gasteiger partial charge in [-0.15, -0.1) is 0 Å². The molecule has 1 aromatic rings. The lowest BCUT2D eigenvalue weighted by atomic mass is 10.2. The van der Waals surface area contributed by atoms with E-state index in [1.54, 1.807) is 4.98 Å². The largest absolute Gasteiger partial charge is 0.424 e. The minimum Gasteiger partial charge on any atom is -0.338 e. The van der Waals surface area contributed by atoms with Gasteiger partial charge in [0.2, 0.25) is 5.95 Å². The number of halogens is 4. The van der Waals surface area contributed by atoms with Gasteiger partial charge in [-0.2, -0.15) is 17.6 Å². The average Bonchev–Trinajstić information content (AvgIpc) is 1.82. The number of rotatable bonds is 0. The first-order chi connectivity index (χ1) is 5.43. The van der Waals surface area contributed by atoms with E-state index >= 15 is 0 Å². The summed E-state index contributed by atoms with van der Waals surface area (Å²) < 4.78 is 47.9. The van der Waals surface area contributed by atoms with Crippen LogP contribution in [0.4, 0.5) is 17.6 Å². The van der Waals surface area contributed by atoms with Crippen LogP contribution in [0.1, 0.15) is 5.56 Å².